The first-order chi connectivity index (χ1) is 29.8. The molecular formula is C48H25F12NS2. The van der Waals surface area contributed by atoms with Crippen LogP contribution in [0, 0.1) is 0 Å². The van der Waals surface area contributed by atoms with Crippen LogP contribution < -0.4 is 4.90 Å². The first kappa shape index (κ1) is 42.3. The van der Waals surface area contributed by atoms with Crippen molar-refractivity contribution >= 4 is 52.2 Å². The zero-order chi connectivity index (χ0) is 44.6. The molecule has 15 heteroatoms. The highest BCUT2D eigenvalue weighted by atomic mass is 32.2. The first-order valence-electron chi connectivity index (χ1n) is 18.8. The lowest BCUT2D eigenvalue weighted by Crippen LogP contribution is -2.25. The van der Waals surface area contributed by atoms with Gasteiger partial charge in [0, 0.05) is 36.3 Å². The predicted molar refractivity (Wildman–Crippen MR) is 220 cm³/mol. The Morgan fingerprint density at radius 1 is 0.381 bits per heavy atom. The maximum absolute atomic E-state index is 16.7. The molecule has 0 spiro atoms. The first-order valence-corrected chi connectivity index (χ1v) is 20.4. The molecule has 9 rings (SSSR count). The zero-order valence-corrected chi connectivity index (χ0v) is 33.4. The molecule has 0 saturated carbocycles. The minimum absolute atomic E-state index is 0.0287. The molecule has 7 aromatic rings. The summed E-state index contributed by atoms with van der Waals surface area (Å²) in [5, 5.41) is 0. The summed E-state index contributed by atoms with van der Waals surface area (Å²) in [5.74, 6) is 0. The van der Waals surface area contributed by atoms with Gasteiger partial charge in [0.2, 0.25) is 0 Å². The van der Waals surface area contributed by atoms with E-state index in [-0.39, 0.29) is 27.4 Å². The largest absolute Gasteiger partial charge is 0.417 e. The van der Waals surface area contributed by atoms with Gasteiger partial charge in [0.15, 0.2) is 0 Å². The van der Waals surface area contributed by atoms with E-state index < -0.39 is 86.0 Å². The van der Waals surface area contributed by atoms with Crippen molar-refractivity contribution in [1.82, 2.24) is 0 Å². The van der Waals surface area contributed by atoms with Crippen molar-refractivity contribution in [2.24, 2.45) is 0 Å². The van der Waals surface area contributed by atoms with Crippen molar-refractivity contribution < 1.29 is 52.7 Å². The molecule has 63 heavy (non-hydrogen) atoms. The Kier molecular flexibility index (Phi) is 10.3. The van der Waals surface area contributed by atoms with Gasteiger partial charge in [-0.25, -0.2) is 0 Å². The van der Waals surface area contributed by atoms with E-state index in [0.29, 0.717) is 39.0 Å². The summed E-state index contributed by atoms with van der Waals surface area (Å²) in [5.41, 5.74) is -13.4. The second-order valence-electron chi connectivity index (χ2n) is 14.4. The lowest BCUT2D eigenvalue weighted by molar-refractivity contribution is -0.142. The van der Waals surface area contributed by atoms with Crippen LogP contribution in [0.4, 0.5) is 69.7 Å². The Hall–Kier alpha value is -6.06. The van der Waals surface area contributed by atoms with Gasteiger partial charge in [0.25, 0.3) is 0 Å². The van der Waals surface area contributed by atoms with Crippen molar-refractivity contribution in [3.05, 3.63) is 185 Å². The Balaban J connectivity index is 1.61. The Morgan fingerprint density at radius 2 is 0.810 bits per heavy atom. The van der Waals surface area contributed by atoms with Crippen LogP contribution in [-0.4, -0.2) is 0 Å². The normalized spacial score (nSPS) is 14.0. The van der Waals surface area contributed by atoms with E-state index in [0.717, 1.165) is 58.8 Å². The summed E-state index contributed by atoms with van der Waals surface area (Å²) in [6, 6.07) is 29.7. The number of para-hydroxylation sites is 2. The van der Waals surface area contributed by atoms with Gasteiger partial charge in [-0.05, 0) is 94.6 Å². The number of anilines is 3. The molecule has 0 aliphatic carbocycles. The fraction of sp³-hybridized carbons (Fsp3) is 0.0833. The molecule has 0 unspecified atom stereocenters. The van der Waals surface area contributed by atoms with Gasteiger partial charge in [-0.3, -0.25) is 0 Å². The van der Waals surface area contributed by atoms with Crippen LogP contribution in [0.2, 0.25) is 0 Å². The summed E-state index contributed by atoms with van der Waals surface area (Å²) in [7, 11) is 0. The number of hydrogen-bond acceptors (Lipinski definition) is 3. The summed E-state index contributed by atoms with van der Waals surface area (Å²) >= 11 is 2.21. The van der Waals surface area contributed by atoms with Gasteiger partial charge >= 0.3 is 24.7 Å². The molecule has 1 nitrogen and oxygen atoms in total. The van der Waals surface area contributed by atoms with Gasteiger partial charge in [0.1, 0.15) is 0 Å². The SMILES string of the molecule is FC(F)(F)c1cccc(-c2c(N3c4ccccc4Sc4ccccc43)c(-c3cccc(C(F)(F)F)c3)c(C(F)(F)F)c(C3=Cc4ccccc4Sc4ccccc43)c2C(F)(F)F)c1. The fourth-order valence-corrected chi connectivity index (χ4v) is 10.2. The van der Waals surface area contributed by atoms with Crippen molar-refractivity contribution in [2.75, 3.05) is 4.90 Å². The number of alkyl halides is 12. The molecule has 2 aliphatic heterocycles. The quantitative estimate of drug-likeness (QED) is 0.162. The average Bonchev–Trinajstić information content (AvgIpc) is 3.40. The van der Waals surface area contributed by atoms with E-state index in [9.17, 15) is 26.3 Å². The minimum Gasteiger partial charge on any atom is -0.307 e. The molecule has 0 N–H and O–H groups in total. The van der Waals surface area contributed by atoms with Crippen LogP contribution >= 0.6 is 23.5 Å². The van der Waals surface area contributed by atoms with Crippen molar-refractivity contribution in [3.8, 4) is 22.3 Å². The van der Waals surface area contributed by atoms with Gasteiger partial charge < -0.3 is 4.90 Å². The third kappa shape index (κ3) is 7.64. The predicted octanol–water partition coefficient (Wildman–Crippen LogP) is 17.1. The molecule has 7 aromatic carbocycles. The molecular weight excluding hydrogens is 883 g/mol. The van der Waals surface area contributed by atoms with Gasteiger partial charge in [0.05, 0.1) is 39.3 Å². The molecule has 0 radical (unpaired) electrons. The second-order valence-corrected chi connectivity index (χ2v) is 16.6. The monoisotopic (exact) mass is 907 g/mol. The van der Waals surface area contributed by atoms with Crippen molar-refractivity contribution in [1.29, 1.82) is 0 Å². The maximum Gasteiger partial charge on any atom is 0.417 e. The highest BCUT2D eigenvalue weighted by Crippen LogP contribution is 2.62. The van der Waals surface area contributed by atoms with Crippen LogP contribution in [0.15, 0.2) is 165 Å². The van der Waals surface area contributed by atoms with E-state index in [2.05, 4.69) is 0 Å². The third-order valence-corrected chi connectivity index (χ3v) is 12.8. The smallest absolute Gasteiger partial charge is 0.307 e. The topological polar surface area (TPSA) is 3.24 Å². The van der Waals surface area contributed by atoms with Crippen LogP contribution in [0.25, 0.3) is 33.9 Å². The second kappa shape index (κ2) is 15.3. The van der Waals surface area contributed by atoms with E-state index in [4.69, 9.17) is 0 Å². The number of hydrogen-bond donors (Lipinski definition) is 0. The molecule has 0 amide bonds. The van der Waals surface area contributed by atoms with E-state index in [1.165, 1.54) is 54.6 Å². The van der Waals surface area contributed by atoms with Crippen molar-refractivity contribution in [2.45, 2.75) is 44.3 Å². The third-order valence-electron chi connectivity index (χ3n) is 10.5. The number of rotatable bonds is 4. The number of halogens is 12. The molecule has 0 atom stereocenters. The Bertz CT molecular complexity index is 2840. The average molecular weight is 908 g/mol. The van der Waals surface area contributed by atoms with Gasteiger partial charge in [-0.1, -0.05) is 108 Å². The molecule has 0 aromatic heterocycles. The zero-order valence-electron chi connectivity index (χ0n) is 31.7. The molecule has 318 valence electrons. The van der Waals surface area contributed by atoms with Crippen molar-refractivity contribution in [3.63, 3.8) is 0 Å². The number of fused-ring (bicyclic) bond motifs is 4. The summed E-state index contributed by atoms with van der Waals surface area (Å²) in [6.45, 7) is 0. The summed E-state index contributed by atoms with van der Waals surface area (Å²) < 4.78 is 188. The standard InChI is InChI=1S/C48H25F12NS2/c49-45(50,51)29-14-9-12-27(23-29)39-42(47(55,56)57)41(32-25-26-11-1-5-19-35(26)62-36-20-6-2-16-31(32)36)43(48(58,59)60)40(28-13-10-15-30(24-28)46(52,53)54)44(39)61-33-17-3-7-21-37(33)63-38-22-8-4-18-34(38)61/h1-25H. The van der Waals surface area contributed by atoms with Gasteiger partial charge in [-0.2, -0.15) is 52.7 Å². The molecule has 0 bridgehead atoms. The van der Waals surface area contributed by atoms with Crippen LogP contribution in [0.5, 0.6) is 0 Å². The maximum atomic E-state index is 16.7. The van der Waals surface area contributed by atoms with E-state index >= 15 is 26.3 Å². The fourth-order valence-electron chi connectivity index (χ4n) is 8.04. The lowest BCUT2D eigenvalue weighted by Gasteiger charge is -2.38. The molecule has 0 saturated heterocycles. The van der Waals surface area contributed by atoms with E-state index in [1.807, 2.05) is 0 Å². The highest BCUT2D eigenvalue weighted by molar-refractivity contribution is 8.00. The Morgan fingerprint density at radius 3 is 1.30 bits per heavy atom. The van der Waals surface area contributed by atoms with E-state index in [1.54, 1.807) is 42.5 Å². The Labute approximate surface area is 359 Å². The highest BCUT2D eigenvalue weighted by Gasteiger charge is 2.50. The molecule has 2 heterocycles. The van der Waals surface area contributed by atoms with Crippen LogP contribution in [0.1, 0.15) is 38.9 Å². The lowest BCUT2D eigenvalue weighted by atomic mass is 9.78. The van der Waals surface area contributed by atoms with Gasteiger partial charge in [-0.15, -0.1) is 0 Å². The van der Waals surface area contributed by atoms with Crippen LogP contribution in [-0.2, 0) is 24.7 Å². The summed E-state index contributed by atoms with van der Waals surface area (Å²) in [4.78, 5) is 2.47. The minimum atomic E-state index is -5.77. The van der Waals surface area contributed by atoms with Crippen LogP contribution in [0.3, 0.4) is 0 Å². The summed E-state index contributed by atoms with van der Waals surface area (Å²) in [6.07, 6.45) is -20.7. The molecule has 0 fully saturated rings. The molecule has 2 aliphatic rings. The number of benzene rings is 7. The number of nitrogens with zero attached hydrogens (tertiary/aromatic N) is 1.